The Morgan fingerprint density at radius 1 is 0.889 bits per heavy atom. The molecule has 0 unspecified atom stereocenters. The summed E-state index contributed by atoms with van der Waals surface area (Å²) in [7, 11) is 4.05. The minimum atomic E-state index is -0.470. The monoisotopic (exact) mass is 240 g/mol. The van der Waals surface area contributed by atoms with Crippen molar-refractivity contribution in [1.82, 2.24) is 4.90 Å². The number of hydrogen-bond acceptors (Lipinski definition) is 2. The zero-order valence-electron chi connectivity index (χ0n) is 11.0. The van der Waals surface area contributed by atoms with E-state index in [2.05, 4.69) is 41.3 Å². The lowest BCUT2D eigenvalue weighted by Crippen LogP contribution is -2.51. The van der Waals surface area contributed by atoms with Crippen LogP contribution in [0.5, 0.6) is 0 Å². The summed E-state index contributed by atoms with van der Waals surface area (Å²) in [4.78, 5) is 2.08. The molecule has 0 fully saturated rings. The van der Waals surface area contributed by atoms with Crippen LogP contribution in [0.2, 0.25) is 0 Å². The molecule has 0 heterocycles. The number of benzene rings is 2. The van der Waals surface area contributed by atoms with Crippen molar-refractivity contribution in [3.63, 3.8) is 0 Å². The van der Waals surface area contributed by atoms with Gasteiger partial charge in [-0.1, -0.05) is 60.7 Å². The minimum Gasteiger partial charge on any atom is -0.309 e. The van der Waals surface area contributed by atoms with Gasteiger partial charge in [-0.05, 0) is 25.2 Å². The molecule has 18 heavy (non-hydrogen) atoms. The molecule has 0 radical (unpaired) electrons. The maximum atomic E-state index is 6.62. The zero-order valence-corrected chi connectivity index (χ0v) is 11.0. The molecule has 0 amide bonds. The van der Waals surface area contributed by atoms with E-state index in [1.807, 2.05) is 38.4 Å². The fourth-order valence-corrected chi connectivity index (χ4v) is 2.15. The molecule has 0 saturated carbocycles. The summed E-state index contributed by atoms with van der Waals surface area (Å²) in [6.45, 7) is 0. The van der Waals surface area contributed by atoms with E-state index in [1.165, 1.54) is 5.56 Å². The van der Waals surface area contributed by atoms with Crippen molar-refractivity contribution in [3.05, 3.63) is 71.8 Å². The van der Waals surface area contributed by atoms with Crippen LogP contribution in [0.15, 0.2) is 60.7 Å². The standard InChI is InChI=1S/C16H20N2/c1-18(2)16(17,15-11-7-4-8-12-15)13-14-9-5-3-6-10-14/h3-12H,13,17H2,1-2H3/t16-/m1/s1. The zero-order chi connectivity index (χ0) is 13.0. The highest BCUT2D eigenvalue weighted by Gasteiger charge is 2.29. The molecule has 0 aliphatic carbocycles. The second-order valence-electron chi connectivity index (χ2n) is 4.85. The van der Waals surface area contributed by atoms with Gasteiger partial charge in [-0.25, -0.2) is 0 Å². The first-order valence-electron chi connectivity index (χ1n) is 6.19. The summed E-state index contributed by atoms with van der Waals surface area (Å²) in [5.74, 6) is 0. The van der Waals surface area contributed by atoms with Gasteiger partial charge in [0.05, 0.1) is 5.66 Å². The Labute approximate surface area is 109 Å². The summed E-state index contributed by atoms with van der Waals surface area (Å²) in [6, 6.07) is 20.6. The first-order valence-corrected chi connectivity index (χ1v) is 6.19. The number of rotatable bonds is 4. The molecule has 2 rings (SSSR count). The second-order valence-corrected chi connectivity index (χ2v) is 4.85. The van der Waals surface area contributed by atoms with Gasteiger partial charge in [0.15, 0.2) is 0 Å². The molecule has 0 saturated heterocycles. The highest BCUT2D eigenvalue weighted by Crippen LogP contribution is 2.25. The molecule has 2 nitrogen and oxygen atoms in total. The van der Waals surface area contributed by atoms with Crippen molar-refractivity contribution >= 4 is 0 Å². The van der Waals surface area contributed by atoms with Gasteiger partial charge in [0.2, 0.25) is 0 Å². The van der Waals surface area contributed by atoms with Crippen molar-refractivity contribution in [3.8, 4) is 0 Å². The molecular weight excluding hydrogens is 220 g/mol. The third-order valence-electron chi connectivity index (χ3n) is 3.39. The molecule has 0 aromatic heterocycles. The smallest absolute Gasteiger partial charge is 0.0986 e. The highest BCUT2D eigenvalue weighted by atomic mass is 15.2. The van der Waals surface area contributed by atoms with E-state index in [-0.39, 0.29) is 0 Å². The van der Waals surface area contributed by atoms with E-state index >= 15 is 0 Å². The number of hydrogen-bond donors (Lipinski definition) is 1. The molecule has 0 spiro atoms. The Morgan fingerprint density at radius 3 is 1.89 bits per heavy atom. The van der Waals surface area contributed by atoms with Gasteiger partial charge in [0.1, 0.15) is 0 Å². The Balaban J connectivity index is 2.34. The van der Waals surface area contributed by atoms with E-state index < -0.39 is 5.66 Å². The topological polar surface area (TPSA) is 29.3 Å². The van der Waals surface area contributed by atoms with E-state index in [1.54, 1.807) is 0 Å². The Hall–Kier alpha value is -1.64. The highest BCUT2D eigenvalue weighted by molar-refractivity contribution is 5.27. The normalized spacial score (nSPS) is 14.4. The molecule has 94 valence electrons. The van der Waals surface area contributed by atoms with E-state index in [9.17, 15) is 0 Å². The fourth-order valence-electron chi connectivity index (χ4n) is 2.15. The van der Waals surface area contributed by atoms with Crippen molar-refractivity contribution in [2.45, 2.75) is 12.1 Å². The quantitative estimate of drug-likeness (QED) is 0.832. The Morgan fingerprint density at radius 2 is 1.39 bits per heavy atom. The largest absolute Gasteiger partial charge is 0.309 e. The molecule has 1 atom stereocenters. The fraction of sp³-hybridized carbons (Fsp3) is 0.250. The molecule has 0 aliphatic rings. The van der Waals surface area contributed by atoms with Gasteiger partial charge in [0, 0.05) is 6.42 Å². The van der Waals surface area contributed by atoms with Crippen LogP contribution in [-0.2, 0) is 12.1 Å². The Kier molecular flexibility index (Phi) is 3.80. The number of nitrogens with zero attached hydrogens (tertiary/aromatic N) is 1. The average Bonchev–Trinajstić information content (AvgIpc) is 2.40. The molecule has 2 aromatic rings. The molecule has 2 heteroatoms. The van der Waals surface area contributed by atoms with Crippen LogP contribution in [-0.4, -0.2) is 19.0 Å². The minimum absolute atomic E-state index is 0.470. The summed E-state index contributed by atoms with van der Waals surface area (Å²) < 4.78 is 0. The van der Waals surface area contributed by atoms with Crippen molar-refractivity contribution in [2.75, 3.05) is 14.1 Å². The van der Waals surface area contributed by atoms with Gasteiger partial charge >= 0.3 is 0 Å². The SMILES string of the molecule is CN(C)[C@](N)(Cc1ccccc1)c1ccccc1. The van der Waals surface area contributed by atoms with Crippen molar-refractivity contribution in [1.29, 1.82) is 0 Å². The summed E-state index contributed by atoms with van der Waals surface area (Å²) in [6.07, 6.45) is 0.796. The van der Waals surface area contributed by atoms with Gasteiger partial charge in [0.25, 0.3) is 0 Å². The van der Waals surface area contributed by atoms with Crippen molar-refractivity contribution in [2.24, 2.45) is 5.73 Å². The molecule has 0 bridgehead atoms. The van der Waals surface area contributed by atoms with Crippen LogP contribution < -0.4 is 5.73 Å². The lowest BCUT2D eigenvalue weighted by Gasteiger charge is -2.37. The maximum Gasteiger partial charge on any atom is 0.0986 e. The van der Waals surface area contributed by atoms with E-state index in [4.69, 9.17) is 5.73 Å². The van der Waals surface area contributed by atoms with Gasteiger partial charge < -0.3 is 5.73 Å². The van der Waals surface area contributed by atoms with E-state index in [0.29, 0.717) is 0 Å². The predicted molar refractivity (Wildman–Crippen MR) is 76.1 cm³/mol. The van der Waals surface area contributed by atoms with Crippen LogP contribution in [0.3, 0.4) is 0 Å². The molecule has 0 aliphatic heterocycles. The first-order chi connectivity index (χ1) is 8.63. The molecule has 2 aromatic carbocycles. The van der Waals surface area contributed by atoms with Gasteiger partial charge in [-0.3, -0.25) is 4.90 Å². The summed E-state index contributed by atoms with van der Waals surface area (Å²) >= 11 is 0. The first kappa shape index (κ1) is 12.8. The summed E-state index contributed by atoms with van der Waals surface area (Å²) in [5.41, 5.74) is 8.54. The maximum absolute atomic E-state index is 6.62. The van der Waals surface area contributed by atoms with Crippen LogP contribution in [0.4, 0.5) is 0 Å². The van der Waals surface area contributed by atoms with E-state index in [0.717, 1.165) is 12.0 Å². The van der Waals surface area contributed by atoms with Crippen LogP contribution in [0.25, 0.3) is 0 Å². The second kappa shape index (κ2) is 5.34. The molecular formula is C16H20N2. The lowest BCUT2D eigenvalue weighted by atomic mass is 9.91. The number of likely N-dealkylation sites (N-methyl/N-ethyl adjacent to an activating group) is 1. The van der Waals surface area contributed by atoms with Crippen LogP contribution in [0, 0.1) is 0 Å². The Bertz CT molecular complexity index is 479. The van der Waals surface area contributed by atoms with Crippen LogP contribution >= 0.6 is 0 Å². The predicted octanol–water partition coefficient (Wildman–Crippen LogP) is 2.60. The van der Waals surface area contributed by atoms with Crippen molar-refractivity contribution < 1.29 is 0 Å². The van der Waals surface area contributed by atoms with Gasteiger partial charge in [-0.15, -0.1) is 0 Å². The number of nitrogens with two attached hydrogens (primary N) is 1. The van der Waals surface area contributed by atoms with Gasteiger partial charge in [-0.2, -0.15) is 0 Å². The third-order valence-corrected chi connectivity index (χ3v) is 3.39. The lowest BCUT2D eigenvalue weighted by molar-refractivity contribution is 0.158. The van der Waals surface area contributed by atoms with Crippen LogP contribution in [0.1, 0.15) is 11.1 Å². The average molecular weight is 240 g/mol. The third kappa shape index (κ3) is 2.61. The summed E-state index contributed by atoms with van der Waals surface area (Å²) in [5, 5.41) is 0. The molecule has 2 N–H and O–H groups in total.